The normalized spacial score (nSPS) is 19.9. The average molecular weight is 428 g/mol. The topological polar surface area (TPSA) is 77.1 Å². The second kappa shape index (κ2) is 8.47. The van der Waals surface area contributed by atoms with Crippen LogP contribution in [0.1, 0.15) is 74.8 Å². The Balaban J connectivity index is 1.64. The minimum atomic E-state index is -0.318. The molecule has 158 valence electrons. The summed E-state index contributed by atoms with van der Waals surface area (Å²) in [4.78, 5) is 15.9. The van der Waals surface area contributed by atoms with Gasteiger partial charge in [-0.3, -0.25) is 9.69 Å². The molecule has 0 bridgehead atoms. The van der Waals surface area contributed by atoms with Crippen molar-refractivity contribution in [1.29, 1.82) is 0 Å². The minimum absolute atomic E-state index is 0.0625. The Bertz CT molecular complexity index is 1080. The van der Waals surface area contributed by atoms with Crippen molar-refractivity contribution in [3.05, 3.63) is 51.1 Å². The van der Waals surface area contributed by atoms with Crippen LogP contribution in [-0.4, -0.2) is 38.2 Å². The maximum atomic E-state index is 13.5. The lowest BCUT2D eigenvalue weighted by molar-refractivity contribution is 0.170. The molecule has 0 amide bonds. The lowest BCUT2D eigenvalue weighted by Crippen LogP contribution is -2.38. The van der Waals surface area contributed by atoms with E-state index in [2.05, 4.69) is 20.4 Å². The summed E-state index contributed by atoms with van der Waals surface area (Å²) in [6, 6.07) is 5.13. The van der Waals surface area contributed by atoms with Crippen LogP contribution in [-0.2, 0) is 0 Å². The Morgan fingerprint density at radius 3 is 2.63 bits per heavy atom. The highest BCUT2D eigenvalue weighted by atomic mass is 35.5. The van der Waals surface area contributed by atoms with E-state index in [-0.39, 0.29) is 17.5 Å². The second-order valence-corrected chi connectivity index (χ2v) is 8.87. The number of aromatic nitrogens is 4. The molecule has 0 radical (unpaired) electrons. The van der Waals surface area contributed by atoms with Crippen LogP contribution in [0.4, 0.5) is 0 Å². The van der Waals surface area contributed by atoms with E-state index in [1.54, 1.807) is 24.5 Å². The summed E-state index contributed by atoms with van der Waals surface area (Å²) < 4.78 is 7.84. The number of fused-ring (bicyclic) bond motifs is 1. The summed E-state index contributed by atoms with van der Waals surface area (Å²) >= 11 is 6.17. The van der Waals surface area contributed by atoms with Crippen LogP contribution in [0, 0.1) is 0 Å². The van der Waals surface area contributed by atoms with Gasteiger partial charge in [0, 0.05) is 5.02 Å². The molecule has 1 saturated carbocycles. The summed E-state index contributed by atoms with van der Waals surface area (Å²) in [5, 5.41) is 13.8. The number of piperidine rings is 1. The van der Waals surface area contributed by atoms with E-state index in [1.807, 2.05) is 4.68 Å². The lowest BCUT2D eigenvalue weighted by atomic mass is 9.95. The standard InChI is InChI=1S/C22H26ClN5O2/c23-15-9-10-19-17(13-15)21(29)18(14-30-19)20(27-11-5-2-6-12-27)22-24-25-26-28(22)16-7-3-1-4-8-16/h9-10,13-14,16,20H,1-8,11-12H2/t20-/m0/s1. The summed E-state index contributed by atoms with van der Waals surface area (Å²) in [6.07, 6.45) is 10.8. The SMILES string of the molecule is O=c1c([C@@H](c2nnnn2C2CCCCC2)N2CCCCC2)coc2ccc(Cl)cc12. The third-order valence-corrected chi connectivity index (χ3v) is 6.73. The van der Waals surface area contributed by atoms with Gasteiger partial charge in [0.05, 0.1) is 17.0 Å². The van der Waals surface area contributed by atoms with E-state index < -0.39 is 0 Å². The van der Waals surface area contributed by atoms with E-state index in [0.717, 1.165) is 44.6 Å². The Labute approximate surface area is 180 Å². The lowest BCUT2D eigenvalue weighted by Gasteiger charge is -2.34. The van der Waals surface area contributed by atoms with Crippen LogP contribution >= 0.6 is 11.6 Å². The first-order valence-electron chi connectivity index (χ1n) is 10.9. The van der Waals surface area contributed by atoms with Crippen molar-refractivity contribution in [1.82, 2.24) is 25.1 Å². The number of benzene rings is 1. The second-order valence-electron chi connectivity index (χ2n) is 8.43. The fourth-order valence-electron chi connectivity index (χ4n) is 4.95. The van der Waals surface area contributed by atoms with Gasteiger partial charge in [0.15, 0.2) is 11.3 Å². The van der Waals surface area contributed by atoms with Crippen LogP contribution < -0.4 is 5.43 Å². The van der Waals surface area contributed by atoms with Gasteiger partial charge in [0.1, 0.15) is 17.9 Å². The first-order valence-corrected chi connectivity index (χ1v) is 11.3. The van der Waals surface area contributed by atoms with Crippen LogP contribution in [0.25, 0.3) is 11.0 Å². The highest BCUT2D eigenvalue weighted by Crippen LogP contribution is 2.34. The highest BCUT2D eigenvalue weighted by molar-refractivity contribution is 6.31. The zero-order valence-corrected chi connectivity index (χ0v) is 17.7. The summed E-state index contributed by atoms with van der Waals surface area (Å²) in [5.74, 6) is 0.748. The van der Waals surface area contributed by atoms with Crippen molar-refractivity contribution in [2.45, 2.75) is 63.5 Å². The molecule has 3 heterocycles. The molecule has 0 spiro atoms. The highest BCUT2D eigenvalue weighted by Gasteiger charge is 2.33. The summed E-state index contributed by atoms with van der Waals surface area (Å²) in [7, 11) is 0. The molecule has 30 heavy (non-hydrogen) atoms. The molecule has 1 aromatic carbocycles. The van der Waals surface area contributed by atoms with Gasteiger partial charge in [-0.2, -0.15) is 0 Å². The van der Waals surface area contributed by atoms with Crippen LogP contribution in [0.15, 0.2) is 33.7 Å². The Kier molecular flexibility index (Phi) is 5.56. The van der Waals surface area contributed by atoms with Gasteiger partial charge in [-0.25, -0.2) is 4.68 Å². The predicted octanol–water partition coefficient (Wildman–Crippen LogP) is 4.51. The number of halogens is 1. The Morgan fingerprint density at radius 1 is 1.07 bits per heavy atom. The molecule has 0 unspecified atom stereocenters. The van der Waals surface area contributed by atoms with Gasteiger partial charge in [-0.1, -0.05) is 37.3 Å². The average Bonchev–Trinajstić information content (AvgIpc) is 3.27. The van der Waals surface area contributed by atoms with Gasteiger partial charge in [0.2, 0.25) is 0 Å². The van der Waals surface area contributed by atoms with Crippen molar-refractivity contribution in [2.24, 2.45) is 0 Å². The number of nitrogens with zero attached hydrogens (tertiary/aromatic N) is 5. The molecular weight excluding hydrogens is 402 g/mol. The largest absolute Gasteiger partial charge is 0.464 e. The van der Waals surface area contributed by atoms with E-state index in [0.29, 0.717) is 21.6 Å². The Hall–Kier alpha value is -2.25. The molecule has 1 aliphatic carbocycles. The molecule has 5 rings (SSSR count). The molecule has 8 heteroatoms. The maximum absolute atomic E-state index is 13.5. The van der Waals surface area contributed by atoms with Crippen molar-refractivity contribution < 1.29 is 4.42 Å². The molecule has 0 N–H and O–H groups in total. The summed E-state index contributed by atoms with van der Waals surface area (Å²) in [5.41, 5.74) is 1.06. The fraction of sp³-hybridized carbons (Fsp3) is 0.545. The van der Waals surface area contributed by atoms with Crippen molar-refractivity contribution in [3.63, 3.8) is 0 Å². The van der Waals surface area contributed by atoms with E-state index in [9.17, 15) is 4.79 Å². The van der Waals surface area contributed by atoms with Gasteiger partial charge < -0.3 is 4.42 Å². The molecule has 1 aliphatic heterocycles. The van der Waals surface area contributed by atoms with Crippen molar-refractivity contribution in [2.75, 3.05) is 13.1 Å². The zero-order chi connectivity index (χ0) is 20.5. The smallest absolute Gasteiger partial charge is 0.197 e. The van der Waals surface area contributed by atoms with E-state index in [1.165, 1.54) is 25.7 Å². The van der Waals surface area contributed by atoms with Gasteiger partial charge >= 0.3 is 0 Å². The van der Waals surface area contributed by atoms with Gasteiger partial charge in [-0.15, -0.1) is 5.10 Å². The maximum Gasteiger partial charge on any atom is 0.197 e. The van der Waals surface area contributed by atoms with Crippen molar-refractivity contribution >= 4 is 22.6 Å². The number of hydrogen-bond donors (Lipinski definition) is 0. The molecule has 1 saturated heterocycles. The molecule has 1 atom stereocenters. The molecule has 2 aromatic heterocycles. The van der Waals surface area contributed by atoms with E-state index >= 15 is 0 Å². The number of tetrazole rings is 1. The number of rotatable bonds is 4. The minimum Gasteiger partial charge on any atom is -0.464 e. The molecule has 2 fully saturated rings. The molecule has 3 aromatic rings. The first kappa shape index (κ1) is 19.7. The summed E-state index contributed by atoms with van der Waals surface area (Å²) in [6.45, 7) is 1.82. The van der Waals surface area contributed by atoms with Crippen molar-refractivity contribution in [3.8, 4) is 0 Å². The molecule has 2 aliphatic rings. The number of likely N-dealkylation sites (tertiary alicyclic amines) is 1. The van der Waals surface area contributed by atoms with Gasteiger partial charge in [-0.05, 0) is 67.4 Å². The monoisotopic (exact) mass is 427 g/mol. The van der Waals surface area contributed by atoms with Gasteiger partial charge in [0.25, 0.3) is 0 Å². The third kappa shape index (κ3) is 3.65. The van der Waals surface area contributed by atoms with Crippen LogP contribution in [0.5, 0.6) is 0 Å². The Morgan fingerprint density at radius 2 is 1.83 bits per heavy atom. The first-order chi connectivity index (χ1) is 14.7. The van der Waals surface area contributed by atoms with E-state index in [4.69, 9.17) is 16.0 Å². The molecule has 7 nitrogen and oxygen atoms in total. The number of hydrogen-bond acceptors (Lipinski definition) is 6. The van der Waals surface area contributed by atoms with Crippen LogP contribution in [0.3, 0.4) is 0 Å². The fourth-order valence-corrected chi connectivity index (χ4v) is 5.12. The predicted molar refractivity (Wildman–Crippen MR) is 115 cm³/mol. The zero-order valence-electron chi connectivity index (χ0n) is 17.0. The quantitative estimate of drug-likeness (QED) is 0.609. The van der Waals surface area contributed by atoms with Crippen LogP contribution in [0.2, 0.25) is 5.02 Å². The molecular formula is C22H26ClN5O2. The third-order valence-electron chi connectivity index (χ3n) is 6.50.